The van der Waals surface area contributed by atoms with E-state index in [1.165, 1.54) is 5.56 Å². The minimum atomic E-state index is -0.516. The van der Waals surface area contributed by atoms with Crippen molar-refractivity contribution in [2.75, 3.05) is 6.61 Å². The summed E-state index contributed by atoms with van der Waals surface area (Å²) in [5, 5.41) is 9.84. The topological polar surface area (TPSA) is 29.5 Å². The van der Waals surface area contributed by atoms with Crippen LogP contribution in [0.25, 0.3) is 0 Å². The molecule has 0 bridgehead atoms. The van der Waals surface area contributed by atoms with E-state index >= 15 is 0 Å². The second kappa shape index (κ2) is 7.07. The summed E-state index contributed by atoms with van der Waals surface area (Å²) in [6.07, 6.45) is 0.0831. The zero-order chi connectivity index (χ0) is 13.5. The van der Waals surface area contributed by atoms with Crippen LogP contribution in [0.1, 0.15) is 24.2 Å². The molecule has 0 aliphatic rings. The van der Waals surface area contributed by atoms with E-state index in [9.17, 15) is 5.11 Å². The Bertz CT molecular complexity index is 465. The molecule has 2 heteroatoms. The molecule has 100 valence electrons. The SMILES string of the molecule is CC(O)C(OCCc1ccccc1)c1ccccc1. The molecule has 2 unspecified atom stereocenters. The molecule has 0 radical (unpaired) electrons. The van der Waals surface area contributed by atoms with E-state index in [0.29, 0.717) is 6.61 Å². The number of aliphatic hydroxyl groups is 1. The van der Waals surface area contributed by atoms with Gasteiger partial charge in [-0.2, -0.15) is 0 Å². The van der Waals surface area contributed by atoms with Gasteiger partial charge < -0.3 is 9.84 Å². The summed E-state index contributed by atoms with van der Waals surface area (Å²) < 4.78 is 5.84. The Kier molecular flexibility index (Phi) is 5.13. The molecule has 2 rings (SSSR count). The highest BCUT2D eigenvalue weighted by atomic mass is 16.5. The Hall–Kier alpha value is -1.64. The zero-order valence-electron chi connectivity index (χ0n) is 11.2. The van der Waals surface area contributed by atoms with Gasteiger partial charge in [0.1, 0.15) is 6.10 Å². The molecule has 1 N–H and O–H groups in total. The first-order chi connectivity index (χ1) is 9.27. The van der Waals surface area contributed by atoms with Gasteiger partial charge in [0.2, 0.25) is 0 Å². The molecular weight excluding hydrogens is 236 g/mol. The molecule has 0 fully saturated rings. The second-order valence-electron chi connectivity index (χ2n) is 4.68. The lowest BCUT2D eigenvalue weighted by atomic mass is 10.1. The van der Waals surface area contributed by atoms with Gasteiger partial charge in [-0.05, 0) is 24.5 Å². The van der Waals surface area contributed by atoms with Gasteiger partial charge >= 0.3 is 0 Å². The number of aliphatic hydroxyl groups excluding tert-OH is 1. The van der Waals surface area contributed by atoms with E-state index < -0.39 is 6.10 Å². The molecule has 0 heterocycles. The number of rotatable bonds is 6. The van der Waals surface area contributed by atoms with Crippen LogP contribution in [-0.2, 0) is 11.2 Å². The quantitative estimate of drug-likeness (QED) is 0.858. The third kappa shape index (κ3) is 4.19. The van der Waals surface area contributed by atoms with Gasteiger partial charge in [0.05, 0.1) is 12.7 Å². The molecule has 0 aliphatic heterocycles. The van der Waals surface area contributed by atoms with Gasteiger partial charge in [-0.3, -0.25) is 0 Å². The van der Waals surface area contributed by atoms with Crippen LogP contribution in [-0.4, -0.2) is 17.8 Å². The maximum Gasteiger partial charge on any atom is 0.108 e. The molecule has 0 spiro atoms. The van der Waals surface area contributed by atoms with Crippen molar-refractivity contribution < 1.29 is 9.84 Å². The fraction of sp³-hybridized carbons (Fsp3) is 0.294. The highest BCUT2D eigenvalue weighted by Gasteiger charge is 2.17. The van der Waals surface area contributed by atoms with Gasteiger partial charge in [0.15, 0.2) is 0 Å². The molecule has 0 aromatic heterocycles. The van der Waals surface area contributed by atoms with E-state index in [1.807, 2.05) is 48.5 Å². The minimum Gasteiger partial charge on any atom is -0.390 e. The molecule has 2 nitrogen and oxygen atoms in total. The average molecular weight is 256 g/mol. The predicted octanol–water partition coefficient (Wildman–Crippen LogP) is 3.37. The Balaban J connectivity index is 1.92. The lowest BCUT2D eigenvalue weighted by Crippen LogP contribution is -2.19. The molecule has 0 saturated carbocycles. The monoisotopic (exact) mass is 256 g/mol. The Labute approximate surface area is 114 Å². The molecule has 19 heavy (non-hydrogen) atoms. The summed E-state index contributed by atoms with van der Waals surface area (Å²) >= 11 is 0. The zero-order valence-corrected chi connectivity index (χ0v) is 11.2. The maximum absolute atomic E-state index is 9.84. The third-order valence-corrected chi connectivity index (χ3v) is 3.10. The van der Waals surface area contributed by atoms with Crippen LogP contribution >= 0.6 is 0 Å². The van der Waals surface area contributed by atoms with Gasteiger partial charge in [-0.1, -0.05) is 60.7 Å². The minimum absolute atomic E-state index is 0.259. The second-order valence-corrected chi connectivity index (χ2v) is 4.68. The van der Waals surface area contributed by atoms with Crippen LogP contribution in [0.15, 0.2) is 60.7 Å². The van der Waals surface area contributed by atoms with Crippen molar-refractivity contribution >= 4 is 0 Å². The van der Waals surface area contributed by atoms with Crippen molar-refractivity contribution in [2.24, 2.45) is 0 Å². The van der Waals surface area contributed by atoms with Crippen molar-refractivity contribution in [3.05, 3.63) is 71.8 Å². The standard InChI is InChI=1S/C17H20O2/c1-14(18)17(16-10-6-3-7-11-16)19-13-12-15-8-4-2-5-9-15/h2-11,14,17-18H,12-13H2,1H3. The third-order valence-electron chi connectivity index (χ3n) is 3.10. The molecule has 0 aliphatic carbocycles. The fourth-order valence-corrected chi connectivity index (χ4v) is 2.11. The van der Waals surface area contributed by atoms with Crippen molar-refractivity contribution in [2.45, 2.75) is 25.6 Å². The number of hydrogen-bond acceptors (Lipinski definition) is 2. The number of ether oxygens (including phenoxy) is 1. The van der Waals surface area contributed by atoms with Crippen LogP contribution in [0, 0.1) is 0 Å². The fourth-order valence-electron chi connectivity index (χ4n) is 2.11. The van der Waals surface area contributed by atoms with Crippen LogP contribution in [0.3, 0.4) is 0 Å². The Morgan fingerprint density at radius 2 is 1.53 bits per heavy atom. The molecule has 2 aromatic carbocycles. The van der Waals surface area contributed by atoms with Gasteiger partial charge in [-0.15, -0.1) is 0 Å². The molecule has 2 aromatic rings. The molecule has 2 atom stereocenters. The van der Waals surface area contributed by atoms with Crippen molar-refractivity contribution in [1.29, 1.82) is 0 Å². The summed E-state index contributed by atoms with van der Waals surface area (Å²) in [6, 6.07) is 20.1. The number of benzene rings is 2. The lowest BCUT2D eigenvalue weighted by molar-refractivity contribution is -0.0301. The van der Waals surface area contributed by atoms with Crippen LogP contribution < -0.4 is 0 Å². The normalized spacial score (nSPS) is 14.0. The molecular formula is C17H20O2. The summed E-state index contributed by atoms with van der Waals surface area (Å²) in [5.41, 5.74) is 2.27. The van der Waals surface area contributed by atoms with Crippen molar-refractivity contribution in [3.8, 4) is 0 Å². The van der Waals surface area contributed by atoms with E-state index in [2.05, 4.69) is 12.1 Å². The largest absolute Gasteiger partial charge is 0.390 e. The first-order valence-electron chi connectivity index (χ1n) is 6.66. The smallest absolute Gasteiger partial charge is 0.108 e. The summed E-state index contributed by atoms with van der Waals surface area (Å²) in [7, 11) is 0. The van der Waals surface area contributed by atoms with Gasteiger partial charge in [0.25, 0.3) is 0 Å². The van der Waals surface area contributed by atoms with Crippen molar-refractivity contribution in [3.63, 3.8) is 0 Å². The maximum atomic E-state index is 9.84. The van der Waals surface area contributed by atoms with Crippen molar-refractivity contribution in [1.82, 2.24) is 0 Å². The van der Waals surface area contributed by atoms with E-state index in [1.54, 1.807) is 6.92 Å². The number of hydrogen-bond donors (Lipinski definition) is 1. The van der Waals surface area contributed by atoms with E-state index in [4.69, 9.17) is 4.74 Å². The average Bonchev–Trinajstić information content (AvgIpc) is 2.45. The van der Waals surface area contributed by atoms with E-state index in [0.717, 1.165) is 12.0 Å². The highest BCUT2D eigenvalue weighted by molar-refractivity contribution is 5.19. The first-order valence-corrected chi connectivity index (χ1v) is 6.66. The Morgan fingerprint density at radius 3 is 2.11 bits per heavy atom. The van der Waals surface area contributed by atoms with Gasteiger partial charge in [0, 0.05) is 0 Å². The first kappa shape index (κ1) is 13.8. The summed E-state index contributed by atoms with van der Waals surface area (Å²) in [6.45, 7) is 2.37. The summed E-state index contributed by atoms with van der Waals surface area (Å²) in [4.78, 5) is 0. The van der Waals surface area contributed by atoms with Gasteiger partial charge in [-0.25, -0.2) is 0 Å². The van der Waals surface area contributed by atoms with Crippen LogP contribution in [0.5, 0.6) is 0 Å². The Morgan fingerprint density at radius 1 is 0.947 bits per heavy atom. The van der Waals surface area contributed by atoms with Crippen LogP contribution in [0.4, 0.5) is 0 Å². The van der Waals surface area contributed by atoms with Crippen LogP contribution in [0.2, 0.25) is 0 Å². The summed E-state index contributed by atoms with van der Waals surface area (Å²) in [5.74, 6) is 0. The molecule has 0 amide bonds. The molecule has 0 saturated heterocycles. The van der Waals surface area contributed by atoms with E-state index in [-0.39, 0.29) is 6.10 Å². The highest BCUT2D eigenvalue weighted by Crippen LogP contribution is 2.21. The lowest BCUT2D eigenvalue weighted by Gasteiger charge is -2.21. The predicted molar refractivity (Wildman–Crippen MR) is 77.0 cm³/mol.